The molecule has 1 heterocycles. The first-order valence-electron chi connectivity index (χ1n) is 9.50. The second-order valence-electron chi connectivity index (χ2n) is 6.53. The standard InChI is InChI=1S/C20H29N3O3/c1-3-5-9-15(4-2)14-26-13-8-12-21-19(24)18-20(25)23-17-11-7-6-10-16(17)22-18/h6-7,10-11,15H,3-5,8-9,12-14H2,1-2H3,(H,21,24)(H,23,25). The van der Waals surface area contributed by atoms with E-state index in [1.165, 1.54) is 19.3 Å². The van der Waals surface area contributed by atoms with Gasteiger partial charge in [-0.3, -0.25) is 9.59 Å². The molecule has 0 aliphatic carbocycles. The zero-order valence-electron chi connectivity index (χ0n) is 15.7. The Hall–Kier alpha value is -2.21. The lowest BCUT2D eigenvalue weighted by Gasteiger charge is -2.14. The van der Waals surface area contributed by atoms with Crippen molar-refractivity contribution >= 4 is 16.9 Å². The van der Waals surface area contributed by atoms with Gasteiger partial charge < -0.3 is 15.0 Å². The van der Waals surface area contributed by atoms with Crippen LogP contribution in [-0.2, 0) is 4.74 Å². The lowest BCUT2D eigenvalue weighted by molar-refractivity contribution is 0.0872. The van der Waals surface area contributed by atoms with Crippen molar-refractivity contribution in [2.45, 2.75) is 46.0 Å². The number of fused-ring (bicyclic) bond motifs is 1. The van der Waals surface area contributed by atoms with E-state index in [0.29, 0.717) is 36.5 Å². The monoisotopic (exact) mass is 359 g/mol. The third-order valence-corrected chi connectivity index (χ3v) is 4.46. The number of carbonyl (C=O) groups is 1. The number of hydrogen-bond acceptors (Lipinski definition) is 4. The fourth-order valence-electron chi connectivity index (χ4n) is 2.79. The van der Waals surface area contributed by atoms with E-state index < -0.39 is 11.5 Å². The summed E-state index contributed by atoms with van der Waals surface area (Å²) < 4.78 is 5.72. The molecule has 0 bridgehead atoms. The zero-order chi connectivity index (χ0) is 18.8. The fraction of sp³-hybridized carbons (Fsp3) is 0.550. The molecule has 1 aromatic heterocycles. The number of aromatic nitrogens is 2. The largest absolute Gasteiger partial charge is 0.381 e. The molecule has 26 heavy (non-hydrogen) atoms. The highest BCUT2D eigenvalue weighted by Gasteiger charge is 2.13. The molecule has 1 aromatic carbocycles. The molecule has 0 spiro atoms. The third kappa shape index (κ3) is 5.95. The van der Waals surface area contributed by atoms with Gasteiger partial charge in [-0.2, -0.15) is 0 Å². The highest BCUT2D eigenvalue weighted by molar-refractivity contribution is 5.93. The summed E-state index contributed by atoms with van der Waals surface area (Å²) in [6.45, 7) is 6.23. The average Bonchev–Trinajstić information content (AvgIpc) is 2.66. The average molecular weight is 359 g/mol. The summed E-state index contributed by atoms with van der Waals surface area (Å²) in [5, 5.41) is 2.74. The summed E-state index contributed by atoms with van der Waals surface area (Å²) in [6, 6.07) is 7.15. The molecule has 0 aliphatic rings. The molecule has 2 aromatic rings. The quantitative estimate of drug-likeness (QED) is 0.603. The number of ether oxygens (including phenoxy) is 1. The van der Waals surface area contributed by atoms with Crippen LogP contribution in [0.25, 0.3) is 11.0 Å². The van der Waals surface area contributed by atoms with Crippen LogP contribution in [0, 0.1) is 5.92 Å². The predicted molar refractivity (Wildman–Crippen MR) is 103 cm³/mol. The van der Waals surface area contributed by atoms with E-state index in [2.05, 4.69) is 29.1 Å². The first-order valence-corrected chi connectivity index (χ1v) is 9.50. The first-order chi connectivity index (χ1) is 12.7. The maximum atomic E-state index is 12.2. The molecule has 0 saturated carbocycles. The number of para-hydroxylation sites is 2. The van der Waals surface area contributed by atoms with Gasteiger partial charge in [0.2, 0.25) is 0 Å². The topological polar surface area (TPSA) is 84.1 Å². The second-order valence-corrected chi connectivity index (χ2v) is 6.53. The van der Waals surface area contributed by atoms with Crippen molar-refractivity contribution in [3.8, 4) is 0 Å². The number of amides is 1. The van der Waals surface area contributed by atoms with Gasteiger partial charge in [0.15, 0.2) is 5.69 Å². The molecule has 0 radical (unpaired) electrons. The van der Waals surface area contributed by atoms with Crippen LogP contribution in [-0.4, -0.2) is 35.6 Å². The summed E-state index contributed by atoms with van der Waals surface area (Å²) in [4.78, 5) is 31.0. The maximum Gasteiger partial charge on any atom is 0.280 e. The van der Waals surface area contributed by atoms with Crippen molar-refractivity contribution in [3.05, 3.63) is 40.3 Å². The molecular formula is C20H29N3O3. The van der Waals surface area contributed by atoms with Gasteiger partial charge in [0.1, 0.15) is 0 Å². The van der Waals surface area contributed by atoms with Gasteiger partial charge in [0.05, 0.1) is 11.0 Å². The van der Waals surface area contributed by atoms with E-state index in [1.807, 2.05) is 12.1 Å². The number of benzene rings is 1. The van der Waals surface area contributed by atoms with E-state index in [9.17, 15) is 9.59 Å². The highest BCUT2D eigenvalue weighted by Crippen LogP contribution is 2.12. The lowest BCUT2D eigenvalue weighted by atomic mass is 10.0. The van der Waals surface area contributed by atoms with Gasteiger partial charge in [0, 0.05) is 19.8 Å². The predicted octanol–water partition coefficient (Wildman–Crippen LogP) is 3.28. The Kier molecular flexibility index (Phi) is 8.28. The lowest BCUT2D eigenvalue weighted by Crippen LogP contribution is -2.32. The van der Waals surface area contributed by atoms with Crippen LogP contribution in [0.5, 0.6) is 0 Å². The molecule has 2 N–H and O–H groups in total. The number of nitrogens with zero attached hydrogens (tertiary/aromatic N) is 1. The third-order valence-electron chi connectivity index (χ3n) is 4.46. The minimum Gasteiger partial charge on any atom is -0.381 e. The minimum absolute atomic E-state index is 0.102. The Balaban J connectivity index is 1.74. The molecule has 0 fully saturated rings. The number of rotatable bonds is 11. The van der Waals surface area contributed by atoms with Gasteiger partial charge in [-0.15, -0.1) is 0 Å². The summed E-state index contributed by atoms with van der Waals surface area (Å²) in [5.41, 5.74) is 0.642. The van der Waals surface area contributed by atoms with Crippen molar-refractivity contribution < 1.29 is 9.53 Å². The van der Waals surface area contributed by atoms with E-state index in [-0.39, 0.29) is 5.69 Å². The Labute approximate surface area is 154 Å². The number of nitrogens with one attached hydrogen (secondary N) is 2. The Morgan fingerprint density at radius 1 is 1.27 bits per heavy atom. The summed E-state index contributed by atoms with van der Waals surface area (Å²) in [5.74, 6) is 0.163. The van der Waals surface area contributed by atoms with Crippen LogP contribution in [0.1, 0.15) is 56.4 Å². The molecule has 2 rings (SSSR count). The number of hydrogen-bond donors (Lipinski definition) is 2. The van der Waals surface area contributed by atoms with Crippen molar-refractivity contribution in [2.75, 3.05) is 19.8 Å². The molecular weight excluding hydrogens is 330 g/mol. The molecule has 6 nitrogen and oxygen atoms in total. The molecule has 0 saturated heterocycles. The minimum atomic E-state index is -0.473. The van der Waals surface area contributed by atoms with Crippen molar-refractivity contribution in [3.63, 3.8) is 0 Å². The van der Waals surface area contributed by atoms with Crippen molar-refractivity contribution in [1.29, 1.82) is 0 Å². The van der Waals surface area contributed by atoms with Crippen molar-refractivity contribution in [1.82, 2.24) is 15.3 Å². The van der Waals surface area contributed by atoms with E-state index >= 15 is 0 Å². The molecule has 1 unspecified atom stereocenters. The van der Waals surface area contributed by atoms with Gasteiger partial charge in [-0.25, -0.2) is 4.98 Å². The molecule has 6 heteroatoms. The fourth-order valence-corrected chi connectivity index (χ4v) is 2.79. The van der Waals surface area contributed by atoms with Gasteiger partial charge in [-0.1, -0.05) is 45.2 Å². The van der Waals surface area contributed by atoms with Crippen LogP contribution in [0.2, 0.25) is 0 Å². The van der Waals surface area contributed by atoms with Gasteiger partial charge in [0.25, 0.3) is 11.5 Å². The van der Waals surface area contributed by atoms with E-state index in [1.54, 1.807) is 12.1 Å². The smallest absolute Gasteiger partial charge is 0.280 e. The van der Waals surface area contributed by atoms with Gasteiger partial charge >= 0.3 is 0 Å². The molecule has 142 valence electrons. The number of unbranched alkanes of at least 4 members (excludes halogenated alkanes) is 1. The maximum absolute atomic E-state index is 12.2. The van der Waals surface area contributed by atoms with Crippen LogP contribution in [0.3, 0.4) is 0 Å². The van der Waals surface area contributed by atoms with Crippen LogP contribution < -0.4 is 10.9 Å². The molecule has 0 aliphatic heterocycles. The van der Waals surface area contributed by atoms with Crippen molar-refractivity contribution in [2.24, 2.45) is 5.92 Å². The molecule has 1 amide bonds. The van der Waals surface area contributed by atoms with E-state index in [0.717, 1.165) is 13.0 Å². The Morgan fingerprint density at radius 3 is 2.85 bits per heavy atom. The van der Waals surface area contributed by atoms with Crippen LogP contribution in [0.15, 0.2) is 29.1 Å². The zero-order valence-corrected chi connectivity index (χ0v) is 15.7. The summed E-state index contributed by atoms with van der Waals surface area (Å²) in [6.07, 6.45) is 5.50. The molecule has 1 atom stereocenters. The SMILES string of the molecule is CCCCC(CC)COCCCNC(=O)c1nc2ccccc2[nH]c1=O. The normalized spacial score (nSPS) is 12.2. The summed E-state index contributed by atoms with van der Waals surface area (Å²) >= 11 is 0. The van der Waals surface area contributed by atoms with E-state index in [4.69, 9.17) is 4.74 Å². The van der Waals surface area contributed by atoms with Crippen LogP contribution in [0.4, 0.5) is 0 Å². The number of H-pyrrole nitrogens is 1. The Bertz CT molecular complexity index is 757. The number of carbonyl (C=O) groups excluding carboxylic acids is 1. The van der Waals surface area contributed by atoms with Crippen LogP contribution >= 0.6 is 0 Å². The number of aromatic amines is 1. The first kappa shape index (κ1) is 20.1. The summed E-state index contributed by atoms with van der Waals surface area (Å²) in [7, 11) is 0. The highest BCUT2D eigenvalue weighted by atomic mass is 16.5. The second kappa shape index (κ2) is 10.7. The Morgan fingerprint density at radius 2 is 2.08 bits per heavy atom. The van der Waals surface area contributed by atoms with Gasteiger partial charge in [-0.05, 0) is 30.9 Å².